The van der Waals surface area contributed by atoms with Gasteiger partial charge in [-0.05, 0) is 42.3 Å². The molecule has 1 aromatic carbocycles. The van der Waals surface area contributed by atoms with Crippen LogP contribution in [0, 0.1) is 6.92 Å². The molecule has 1 aliphatic rings. The molecule has 1 N–H and O–H groups in total. The maximum absolute atomic E-state index is 13.4. The number of carbonyl (C=O) groups excluding carboxylic acids is 1. The van der Waals surface area contributed by atoms with E-state index in [1.807, 2.05) is 0 Å². The van der Waals surface area contributed by atoms with Crippen molar-refractivity contribution < 1.29 is 41.0 Å². The number of hydrogen-bond acceptors (Lipinski definition) is 7. The van der Waals surface area contributed by atoms with Crippen molar-refractivity contribution in [1.82, 2.24) is 9.29 Å². The first-order valence-electron chi connectivity index (χ1n) is 10.0. The predicted octanol–water partition coefficient (Wildman–Crippen LogP) is 2.09. The highest BCUT2D eigenvalue weighted by Crippen LogP contribution is 2.30. The van der Waals surface area contributed by atoms with Crippen molar-refractivity contribution in [3.8, 4) is 0 Å². The molecule has 1 aliphatic heterocycles. The molecular formula is C21H22F3N3O6S. The average molecular weight is 501 g/mol. The first kappa shape index (κ1) is 25.4. The molecule has 184 valence electrons. The second-order valence-electron chi connectivity index (χ2n) is 7.66. The summed E-state index contributed by atoms with van der Waals surface area (Å²) in [4.78, 5) is 28.7. The molecule has 0 radical (unpaired) electrons. The van der Waals surface area contributed by atoms with Crippen LogP contribution >= 0.6 is 0 Å². The molecule has 0 saturated carbocycles. The third kappa shape index (κ3) is 5.30. The zero-order chi connectivity index (χ0) is 25.3. The number of nitrogens with zero attached hydrogens (tertiary/aromatic N) is 3. The number of aliphatic carboxylic acids is 1. The molecular weight excluding hydrogens is 479 g/mol. The van der Waals surface area contributed by atoms with E-state index < -0.39 is 39.7 Å². The number of piperazine rings is 1. The van der Waals surface area contributed by atoms with E-state index in [2.05, 4.69) is 4.98 Å². The Morgan fingerprint density at radius 1 is 1.21 bits per heavy atom. The van der Waals surface area contributed by atoms with Gasteiger partial charge in [-0.1, -0.05) is 6.07 Å². The van der Waals surface area contributed by atoms with Crippen LogP contribution in [0.3, 0.4) is 0 Å². The van der Waals surface area contributed by atoms with Crippen LogP contribution in [-0.2, 0) is 36.9 Å². The molecule has 0 unspecified atom stereocenters. The Balaban J connectivity index is 1.91. The van der Waals surface area contributed by atoms with Gasteiger partial charge in [-0.2, -0.15) is 17.5 Å². The molecule has 0 bridgehead atoms. The minimum absolute atomic E-state index is 0.0545. The first-order chi connectivity index (χ1) is 15.8. The van der Waals surface area contributed by atoms with E-state index in [0.29, 0.717) is 17.3 Å². The van der Waals surface area contributed by atoms with Gasteiger partial charge in [0.2, 0.25) is 10.0 Å². The van der Waals surface area contributed by atoms with Gasteiger partial charge >= 0.3 is 18.1 Å². The number of carboxylic acid groups (broad SMARTS) is 1. The maximum atomic E-state index is 13.4. The molecule has 0 amide bonds. The fraction of sp³-hybridized carbons (Fsp3) is 0.381. The lowest BCUT2D eigenvalue weighted by Gasteiger charge is -2.39. The van der Waals surface area contributed by atoms with Crippen LogP contribution in [0.2, 0.25) is 0 Å². The predicted molar refractivity (Wildman–Crippen MR) is 114 cm³/mol. The number of esters is 1. The summed E-state index contributed by atoms with van der Waals surface area (Å²) in [5.41, 5.74) is -0.0154. The number of methoxy groups -OCH3 is 1. The monoisotopic (exact) mass is 501 g/mol. The number of anilines is 1. The van der Waals surface area contributed by atoms with Crippen molar-refractivity contribution in [2.24, 2.45) is 0 Å². The van der Waals surface area contributed by atoms with Crippen LogP contribution in [0.5, 0.6) is 0 Å². The number of carboxylic acids is 1. The standard InChI is InChI=1S/C21H22F3N3O6S/c1-13-3-5-16(9-14(13)10-19(28)29)34(31,32)27-8-7-26(12-17(27)20(30)33-2)18-6-4-15(11-25-18)21(22,23)24/h3-6,9,11,17H,7-8,10,12H2,1-2H3,(H,28,29)/t17-/m1/s1. The minimum atomic E-state index is -4.56. The Kier molecular flexibility index (Phi) is 7.17. The number of rotatable bonds is 6. The number of benzene rings is 1. The van der Waals surface area contributed by atoms with Crippen LogP contribution in [0.15, 0.2) is 41.4 Å². The molecule has 0 spiro atoms. The van der Waals surface area contributed by atoms with Crippen molar-refractivity contribution in [3.63, 3.8) is 0 Å². The third-order valence-electron chi connectivity index (χ3n) is 5.47. The molecule has 1 saturated heterocycles. The lowest BCUT2D eigenvalue weighted by atomic mass is 10.1. The number of hydrogen-bond donors (Lipinski definition) is 1. The molecule has 1 aromatic heterocycles. The molecule has 1 fully saturated rings. The van der Waals surface area contributed by atoms with Crippen LogP contribution in [0.25, 0.3) is 0 Å². The Bertz CT molecular complexity index is 1190. The van der Waals surface area contributed by atoms with Gasteiger partial charge < -0.3 is 14.7 Å². The van der Waals surface area contributed by atoms with Gasteiger partial charge in [-0.25, -0.2) is 13.4 Å². The van der Waals surface area contributed by atoms with Crippen molar-refractivity contribution >= 4 is 27.8 Å². The second kappa shape index (κ2) is 9.58. The summed E-state index contributed by atoms with van der Waals surface area (Å²) in [6.45, 7) is 1.34. The first-order valence-corrected chi connectivity index (χ1v) is 11.5. The van der Waals surface area contributed by atoms with E-state index in [-0.39, 0.29) is 36.8 Å². The van der Waals surface area contributed by atoms with Crippen LogP contribution in [0.1, 0.15) is 16.7 Å². The summed E-state index contributed by atoms with van der Waals surface area (Å²) in [5.74, 6) is -1.82. The lowest BCUT2D eigenvalue weighted by Crippen LogP contribution is -2.58. The fourth-order valence-corrected chi connectivity index (χ4v) is 5.24. The van der Waals surface area contributed by atoms with Crippen molar-refractivity contribution in [1.29, 1.82) is 0 Å². The topological polar surface area (TPSA) is 117 Å². The van der Waals surface area contributed by atoms with E-state index in [0.717, 1.165) is 23.5 Å². The molecule has 2 heterocycles. The fourth-order valence-electron chi connectivity index (χ4n) is 3.63. The average Bonchev–Trinajstić information content (AvgIpc) is 2.78. The molecule has 13 heteroatoms. The SMILES string of the molecule is COC(=O)[C@H]1CN(c2ccc(C(F)(F)F)cn2)CCN1S(=O)(=O)c1ccc(C)c(CC(=O)O)c1. The molecule has 0 aliphatic carbocycles. The van der Waals surface area contributed by atoms with Crippen LogP contribution in [-0.4, -0.2) is 67.5 Å². The van der Waals surface area contributed by atoms with Crippen LogP contribution in [0.4, 0.5) is 19.0 Å². The highest BCUT2D eigenvalue weighted by molar-refractivity contribution is 7.89. The summed E-state index contributed by atoms with van der Waals surface area (Å²) < 4.78 is 70.9. The number of alkyl halides is 3. The second-order valence-corrected chi connectivity index (χ2v) is 9.55. The van der Waals surface area contributed by atoms with E-state index >= 15 is 0 Å². The number of aromatic nitrogens is 1. The summed E-state index contributed by atoms with van der Waals surface area (Å²) >= 11 is 0. The maximum Gasteiger partial charge on any atom is 0.417 e. The third-order valence-corrected chi connectivity index (χ3v) is 7.38. The van der Waals surface area contributed by atoms with Gasteiger partial charge in [0.1, 0.15) is 11.9 Å². The molecule has 2 aromatic rings. The summed E-state index contributed by atoms with van der Waals surface area (Å²) in [6.07, 6.45) is -4.26. The largest absolute Gasteiger partial charge is 0.481 e. The van der Waals surface area contributed by atoms with E-state index in [9.17, 15) is 31.2 Å². The quantitative estimate of drug-likeness (QED) is 0.598. The van der Waals surface area contributed by atoms with E-state index in [1.54, 1.807) is 6.92 Å². The van der Waals surface area contributed by atoms with E-state index in [1.165, 1.54) is 23.1 Å². The van der Waals surface area contributed by atoms with Gasteiger partial charge in [-0.15, -0.1) is 0 Å². The van der Waals surface area contributed by atoms with Crippen molar-refractivity contribution in [3.05, 3.63) is 53.2 Å². The van der Waals surface area contributed by atoms with Gasteiger partial charge in [0.25, 0.3) is 0 Å². The Morgan fingerprint density at radius 3 is 2.47 bits per heavy atom. The van der Waals surface area contributed by atoms with Gasteiger partial charge in [0.05, 0.1) is 24.0 Å². The summed E-state index contributed by atoms with van der Waals surface area (Å²) in [7, 11) is -3.13. The number of aryl methyl sites for hydroxylation is 1. The number of carbonyl (C=O) groups is 2. The lowest BCUT2D eigenvalue weighted by molar-refractivity contribution is -0.145. The number of pyridine rings is 1. The highest BCUT2D eigenvalue weighted by Gasteiger charge is 2.41. The van der Waals surface area contributed by atoms with Crippen LogP contribution < -0.4 is 4.90 Å². The number of halogens is 3. The Labute approximate surface area is 193 Å². The Morgan fingerprint density at radius 2 is 1.91 bits per heavy atom. The van der Waals surface area contributed by atoms with E-state index in [4.69, 9.17) is 9.84 Å². The molecule has 9 nitrogen and oxygen atoms in total. The minimum Gasteiger partial charge on any atom is -0.481 e. The van der Waals surface area contributed by atoms with Crippen molar-refractivity contribution in [2.45, 2.75) is 30.5 Å². The van der Waals surface area contributed by atoms with Gasteiger partial charge in [0.15, 0.2) is 0 Å². The summed E-state index contributed by atoms with van der Waals surface area (Å²) in [6, 6.07) is 4.79. The normalized spacial score (nSPS) is 17.4. The zero-order valence-corrected chi connectivity index (χ0v) is 19.1. The smallest absolute Gasteiger partial charge is 0.417 e. The van der Waals surface area contributed by atoms with Gasteiger partial charge in [0, 0.05) is 25.8 Å². The zero-order valence-electron chi connectivity index (χ0n) is 18.2. The molecule has 3 rings (SSSR count). The molecule has 1 atom stereocenters. The number of sulfonamides is 1. The highest BCUT2D eigenvalue weighted by atomic mass is 32.2. The van der Waals surface area contributed by atoms with Gasteiger partial charge in [-0.3, -0.25) is 9.59 Å². The summed E-state index contributed by atoms with van der Waals surface area (Å²) in [5, 5.41) is 9.08. The molecule has 34 heavy (non-hydrogen) atoms. The number of ether oxygens (including phenoxy) is 1. The Hall–Kier alpha value is -3.19. The van der Waals surface area contributed by atoms with Crippen molar-refractivity contribution in [2.75, 3.05) is 31.6 Å².